The molecule has 0 saturated carbocycles. The van der Waals surface area contributed by atoms with Gasteiger partial charge in [-0.3, -0.25) is 13.8 Å². The van der Waals surface area contributed by atoms with Gasteiger partial charge in [-0.1, -0.05) is 165 Å². The van der Waals surface area contributed by atoms with E-state index in [0.717, 1.165) is 51.4 Å². The molecule has 310 valence electrons. The Balaban J connectivity index is 4.61. The van der Waals surface area contributed by atoms with Crippen molar-refractivity contribution in [1.29, 1.82) is 0 Å². The van der Waals surface area contributed by atoms with Crippen LogP contribution in [0.1, 0.15) is 174 Å². The number of hydrogen-bond donors (Lipinski definition) is 2. The number of aliphatic hydroxyl groups excluding tert-OH is 1. The third kappa shape index (κ3) is 37.2. The summed E-state index contributed by atoms with van der Waals surface area (Å²) in [6.07, 6.45) is 42.3. The highest BCUT2D eigenvalue weighted by Crippen LogP contribution is 2.46. The molecule has 8 nitrogen and oxygen atoms in total. The van der Waals surface area contributed by atoms with Crippen LogP contribution in [0.4, 0.5) is 0 Å². The lowest BCUT2D eigenvalue weighted by Gasteiger charge is -2.28. The maximum absolute atomic E-state index is 12.9. The first-order valence-corrected chi connectivity index (χ1v) is 22.9. The van der Waals surface area contributed by atoms with E-state index in [1.54, 1.807) is 0 Å². The first-order chi connectivity index (χ1) is 25.5. The van der Waals surface area contributed by atoms with Gasteiger partial charge < -0.3 is 19.2 Å². The van der Waals surface area contributed by atoms with Gasteiger partial charge in [0, 0.05) is 6.42 Å². The Bertz CT molecular complexity index is 1000. The van der Waals surface area contributed by atoms with Crippen molar-refractivity contribution in [2.75, 3.05) is 40.9 Å². The van der Waals surface area contributed by atoms with E-state index in [4.69, 9.17) is 13.8 Å². The van der Waals surface area contributed by atoms with Crippen LogP contribution < -0.4 is 0 Å². The SMILES string of the molecule is CCCCC/C=C\C/C=C\C/C=C\C/C=C\CCCC(=O)O[C@@H](CO)C(CCCCCCCCCCCCCCCC)OP(=O)(O)OCC[N+](C)(C)C. The minimum Gasteiger partial charge on any atom is -0.457 e. The maximum atomic E-state index is 12.9. The number of rotatable bonds is 38. The minimum atomic E-state index is -4.42. The molecule has 9 heteroatoms. The van der Waals surface area contributed by atoms with Gasteiger partial charge in [-0.25, -0.2) is 4.57 Å². The molecule has 0 aliphatic carbocycles. The van der Waals surface area contributed by atoms with Gasteiger partial charge >= 0.3 is 13.8 Å². The van der Waals surface area contributed by atoms with Gasteiger partial charge in [-0.05, 0) is 51.4 Å². The second kappa shape index (κ2) is 36.1. The van der Waals surface area contributed by atoms with Gasteiger partial charge in [0.2, 0.25) is 0 Å². The second-order valence-corrected chi connectivity index (χ2v) is 16.9. The lowest BCUT2D eigenvalue weighted by Crippen LogP contribution is -2.38. The fourth-order valence-electron chi connectivity index (χ4n) is 5.86. The van der Waals surface area contributed by atoms with Crippen LogP contribution in [0.25, 0.3) is 0 Å². The summed E-state index contributed by atoms with van der Waals surface area (Å²) in [5.74, 6) is -0.451. The molecule has 53 heavy (non-hydrogen) atoms. The lowest BCUT2D eigenvalue weighted by atomic mass is 10.0. The fourth-order valence-corrected chi connectivity index (χ4v) is 6.82. The highest BCUT2D eigenvalue weighted by molar-refractivity contribution is 7.47. The fraction of sp³-hybridized carbons (Fsp3) is 0.795. The first kappa shape index (κ1) is 51.5. The van der Waals surface area contributed by atoms with Crippen molar-refractivity contribution in [3.05, 3.63) is 48.6 Å². The molecule has 0 saturated heterocycles. The Labute approximate surface area is 326 Å². The number of likely N-dealkylation sites (N-methyl/N-ethyl adjacent to an activating group) is 1. The number of carbonyl (C=O) groups excluding carboxylic acids is 1. The molecule has 0 heterocycles. The lowest BCUT2D eigenvalue weighted by molar-refractivity contribution is -0.870. The Kier molecular flexibility index (Phi) is 35.1. The summed E-state index contributed by atoms with van der Waals surface area (Å²) in [4.78, 5) is 23.2. The van der Waals surface area contributed by atoms with E-state index in [1.807, 2.05) is 21.1 Å². The number of quaternary nitrogens is 1. The summed E-state index contributed by atoms with van der Waals surface area (Å²) in [6, 6.07) is 0. The Morgan fingerprint density at radius 3 is 1.53 bits per heavy atom. The van der Waals surface area contributed by atoms with Crippen LogP contribution in [-0.2, 0) is 23.1 Å². The van der Waals surface area contributed by atoms with E-state index >= 15 is 0 Å². The number of phosphoric acid groups is 1. The molecule has 0 aromatic rings. The number of carbonyl (C=O) groups is 1. The van der Waals surface area contributed by atoms with Crippen LogP contribution in [0.5, 0.6) is 0 Å². The number of phosphoric ester groups is 1. The molecule has 2 N–H and O–H groups in total. The van der Waals surface area contributed by atoms with Crippen molar-refractivity contribution in [3.8, 4) is 0 Å². The predicted molar refractivity (Wildman–Crippen MR) is 224 cm³/mol. The number of esters is 1. The van der Waals surface area contributed by atoms with Crippen molar-refractivity contribution in [1.82, 2.24) is 0 Å². The van der Waals surface area contributed by atoms with Crippen molar-refractivity contribution >= 4 is 13.8 Å². The van der Waals surface area contributed by atoms with Crippen LogP contribution >= 0.6 is 7.82 Å². The van der Waals surface area contributed by atoms with Gasteiger partial charge in [-0.2, -0.15) is 0 Å². The standard InChI is InChI=1S/C44H82NO7P/c1-6-8-10-12-14-16-18-20-22-23-24-26-28-30-32-34-36-38-44(47)51-43(41-46)42(52-53(48,49)50-40-39-45(3,4)5)37-35-33-31-29-27-25-21-19-17-15-13-11-9-7-2/h14,16,20,22,24,26,30,32,42-43,46H,6-13,15,17-19,21,23,25,27-29,31,33-41H2,1-5H3/p+1/b16-14-,22-20-,26-24-,32-30-/t42?,43-/m0/s1. The summed E-state index contributed by atoms with van der Waals surface area (Å²) in [6.45, 7) is 4.56. The second-order valence-electron chi connectivity index (χ2n) is 15.5. The smallest absolute Gasteiger partial charge is 0.457 e. The van der Waals surface area contributed by atoms with Gasteiger partial charge in [0.05, 0.1) is 27.7 Å². The molecule has 0 radical (unpaired) electrons. The number of aliphatic hydroxyl groups is 1. The zero-order chi connectivity index (χ0) is 39.3. The summed E-state index contributed by atoms with van der Waals surface area (Å²) < 4.78 is 29.9. The van der Waals surface area contributed by atoms with Gasteiger partial charge in [-0.15, -0.1) is 0 Å². The quantitative estimate of drug-likeness (QED) is 0.0212. The average molecular weight is 769 g/mol. The zero-order valence-corrected chi connectivity index (χ0v) is 35.8. The number of unbranched alkanes of at least 4 members (excludes halogenated alkanes) is 17. The summed E-state index contributed by atoms with van der Waals surface area (Å²) in [7, 11) is 1.48. The van der Waals surface area contributed by atoms with Crippen LogP contribution in [0, 0.1) is 0 Å². The van der Waals surface area contributed by atoms with E-state index in [2.05, 4.69) is 62.5 Å². The van der Waals surface area contributed by atoms with E-state index in [1.165, 1.54) is 89.9 Å². The highest BCUT2D eigenvalue weighted by atomic mass is 31.2. The largest absolute Gasteiger partial charge is 0.472 e. The third-order valence-corrected chi connectivity index (χ3v) is 10.3. The van der Waals surface area contributed by atoms with Crippen LogP contribution in [0.2, 0.25) is 0 Å². The van der Waals surface area contributed by atoms with E-state index in [-0.39, 0.29) is 13.0 Å². The van der Waals surface area contributed by atoms with Crippen LogP contribution in [-0.4, -0.2) is 73.6 Å². The third-order valence-electron chi connectivity index (χ3n) is 9.21. The topological polar surface area (TPSA) is 102 Å². The van der Waals surface area contributed by atoms with Crippen molar-refractivity contribution < 1.29 is 37.6 Å². The molecule has 0 aliphatic rings. The van der Waals surface area contributed by atoms with E-state index in [0.29, 0.717) is 23.9 Å². The number of hydrogen-bond acceptors (Lipinski definition) is 6. The molecule has 0 spiro atoms. The zero-order valence-electron chi connectivity index (χ0n) is 34.9. The number of allylic oxidation sites excluding steroid dienone is 8. The maximum Gasteiger partial charge on any atom is 0.472 e. The molecule has 0 amide bonds. The van der Waals surface area contributed by atoms with E-state index in [9.17, 15) is 19.4 Å². The Morgan fingerprint density at radius 1 is 0.623 bits per heavy atom. The van der Waals surface area contributed by atoms with Crippen molar-refractivity contribution in [2.24, 2.45) is 0 Å². The molecule has 0 bridgehead atoms. The number of ether oxygens (including phenoxy) is 1. The van der Waals surface area contributed by atoms with Crippen molar-refractivity contribution in [3.63, 3.8) is 0 Å². The molecule has 0 fully saturated rings. The van der Waals surface area contributed by atoms with Crippen LogP contribution in [0.15, 0.2) is 48.6 Å². The molecule has 0 aromatic heterocycles. The molecule has 3 atom stereocenters. The number of nitrogens with zero attached hydrogens (tertiary/aromatic N) is 1. The van der Waals surface area contributed by atoms with Crippen molar-refractivity contribution in [2.45, 2.75) is 187 Å². The highest BCUT2D eigenvalue weighted by Gasteiger charge is 2.34. The molecule has 0 rings (SSSR count). The molecular weight excluding hydrogens is 685 g/mol. The van der Waals surface area contributed by atoms with Crippen LogP contribution in [0.3, 0.4) is 0 Å². The van der Waals surface area contributed by atoms with Gasteiger partial charge in [0.25, 0.3) is 0 Å². The molecular formula is C44H83NO7P+. The van der Waals surface area contributed by atoms with Gasteiger partial charge in [0.1, 0.15) is 19.3 Å². The summed E-state index contributed by atoms with van der Waals surface area (Å²) >= 11 is 0. The minimum absolute atomic E-state index is 0.0456. The monoisotopic (exact) mass is 769 g/mol. The Morgan fingerprint density at radius 2 is 1.06 bits per heavy atom. The summed E-state index contributed by atoms with van der Waals surface area (Å²) in [5, 5.41) is 10.2. The predicted octanol–water partition coefficient (Wildman–Crippen LogP) is 12.1. The molecule has 0 aliphatic heterocycles. The molecule has 0 aromatic carbocycles. The Hall–Kier alpha value is -1.54. The molecule has 2 unspecified atom stereocenters. The van der Waals surface area contributed by atoms with E-state index < -0.39 is 32.6 Å². The normalized spacial score (nSPS) is 14.9. The summed E-state index contributed by atoms with van der Waals surface area (Å²) in [5.41, 5.74) is 0. The average Bonchev–Trinajstić information content (AvgIpc) is 3.10. The first-order valence-electron chi connectivity index (χ1n) is 21.4. The van der Waals surface area contributed by atoms with Gasteiger partial charge in [0.15, 0.2) is 6.10 Å².